The molecule has 0 radical (unpaired) electrons. The molecule has 3 heterocycles. The van der Waals surface area contributed by atoms with Crippen molar-refractivity contribution in [3.05, 3.63) is 311 Å². The summed E-state index contributed by atoms with van der Waals surface area (Å²) >= 11 is 0. The van der Waals surface area contributed by atoms with Gasteiger partial charge in [-0.05, 0) is 256 Å². The van der Waals surface area contributed by atoms with E-state index in [1.54, 1.807) is 0 Å². The van der Waals surface area contributed by atoms with E-state index in [1.165, 1.54) is 217 Å². The van der Waals surface area contributed by atoms with Crippen LogP contribution in [0.4, 0.5) is 34.1 Å². The highest BCUT2D eigenvalue weighted by Gasteiger charge is 2.47. The van der Waals surface area contributed by atoms with Crippen molar-refractivity contribution in [2.75, 3.05) is 9.80 Å². The van der Waals surface area contributed by atoms with Crippen LogP contribution in [-0.4, -0.2) is 11.3 Å². The van der Waals surface area contributed by atoms with E-state index in [-0.39, 0.29) is 51.2 Å². The Kier molecular flexibility index (Phi) is 20.6. The Bertz CT molecular complexity index is 6210. The smallest absolute Gasteiger partial charge is 0.252 e. The highest BCUT2D eigenvalue weighted by molar-refractivity contribution is 7.00. The monoisotopic (exact) mass is 1650 g/mol. The Morgan fingerprint density at radius 2 is 0.603 bits per heavy atom. The van der Waals surface area contributed by atoms with Crippen molar-refractivity contribution < 1.29 is 5.48 Å². The Balaban J connectivity index is 0.996. The van der Waals surface area contributed by atoms with Crippen LogP contribution in [0.2, 0.25) is 0 Å². The van der Waals surface area contributed by atoms with Gasteiger partial charge in [0.05, 0.1) is 33.6 Å². The summed E-state index contributed by atoms with van der Waals surface area (Å²) in [7, 11) is 0. The van der Waals surface area contributed by atoms with Crippen molar-refractivity contribution in [2.24, 2.45) is 0 Å². The summed E-state index contributed by atoms with van der Waals surface area (Å²) in [6, 6.07) is 94.4. The Morgan fingerprint density at radius 1 is 0.270 bits per heavy atom. The molecule has 4 fully saturated rings. The van der Waals surface area contributed by atoms with Crippen LogP contribution < -0.4 is 26.2 Å². The lowest BCUT2D eigenvalue weighted by Gasteiger charge is -2.46. The molecule has 0 atom stereocenters. The molecule has 6 aliphatic rings. The minimum Gasteiger partial charge on any atom is -0.310 e. The molecule has 0 bridgehead atoms. The topological polar surface area (TPSA) is 11.4 Å². The number of nitrogens with zero attached hydrogens (tertiary/aromatic N) is 3. The third-order valence-corrected chi connectivity index (χ3v) is 30.2. The van der Waals surface area contributed by atoms with Gasteiger partial charge in [0.15, 0.2) is 0 Å². The van der Waals surface area contributed by atoms with E-state index in [9.17, 15) is 5.48 Å². The van der Waals surface area contributed by atoms with Crippen molar-refractivity contribution in [3.8, 4) is 72.4 Å². The van der Waals surface area contributed by atoms with Gasteiger partial charge >= 0.3 is 0 Å². The third-order valence-electron chi connectivity index (χ3n) is 30.2. The van der Waals surface area contributed by atoms with Crippen LogP contribution in [0.5, 0.6) is 0 Å². The molecule has 638 valence electrons. The maximum Gasteiger partial charge on any atom is 0.252 e. The standard InChI is InChI=1S/C122H132BN3/c1-118(2,3)95-60-63-110-106(76-95)105-52-28-29-57-109(105)124(110)100-77-113-115-114(78-100)126(117-103(91-50-32-46-85(66-91)81-40-24-18-25-41-81)55-35-56-104(117)92-51-33-47-86(67-92)82-42-26-19-27-43-82)112-62-59-88(94-70-98(121(10,11)12)75-99(71-94)122(13,14)15)73-108(112)123(115)107-72-87(93-68-96(119(4,5)6)74-97(69-93)120(7,8)9)58-61-111(107)125(113)116-101(89-48-30-44-83(64-89)79-36-20-16-21-37-79)53-34-54-102(116)90-49-31-45-84(65-90)80-38-22-17-23-39-80/h28-35,44-82H,16-27,36-43H2,1-15H3/i28D,29D,52D,57D. The van der Waals surface area contributed by atoms with Gasteiger partial charge in [-0.25, -0.2) is 0 Å². The van der Waals surface area contributed by atoms with Gasteiger partial charge in [0.1, 0.15) is 0 Å². The first-order valence-corrected chi connectivity index (χ1v) is 48.4. The average molecular weight is 1660 g/mol. The highest BCUT2D eigenvalue weighted by atomic mass is 15.2. The van der Waals surface area contributed by atoms with Crippen molar-refractivity contribution in [3.63, 3.8) is 0 Å². The van der Waals surface area contributed by atoms with Crippen LogP contribution in [-0.2, 0) is 27.1 Å². The summed E-state index contributed by atoms with van der Waals surface area (Å²) in [4.78, 5) is 5.47. The summed E-state index contributed by atoms with van der Waals surface area (Å²) in [5.41, 5.74) is 37.1. The molecule has 1 aromatic heterocycles. The third kappa shape index (κ3) is 15.7. The largest absolute Gasteiger partial charge is 0.310 e. The van der Waals surface area contributed by atoms with E-state index < -0.39 is 6.71 Å². The second-order valence-corrected chi connectivity index (χ2v) is 43.9. The molecule has 0 amide bonds. The predicted octanol–water partition coefficient (Wildman–Crippen LogP) is 33.5. The first-order valence-electron chi connectivity index (χ1n) is 50.4. The summed E-state index contributed by atoms with van der Waals surface area (Å²) in [6.07, 6.45) is 24.4. The maximum atomic E-state index is 10.6. The number of fused-ring (bicyclic) bond motifs is 7. The summed E-state index contributed by atoms with van der Waals surface area (Å²) in [6.45, 7) is 34.7. The Labute approximate surface area is 760 Å². The van der Waals surface area contributed by atoms with Crippen LogP contribution in [0, 0.1) is 0 Å². The average Bonchev–Trinajstić information content (AvgIpc) is 0.785. The molecule has 3 nitrogen and oxygen atoms in total. The van der Waals surface area contributed by atoms with Crippen LogP contribution in [0.15, 0.2) is 261 Å². The fourth-order valence-electron chi connectivity index (χ4n) is 22.8. The van der Waals surface area contributed by atoms with Gasteiger partial charge in [-0.2, -0.15) is 0 Å². The number of hydrogen-bond donors (Lipinski definition) is 0. The molecule has 0 spiro atoms. The lowest BCUT2D eigenvalue weighted by molar-refractivity contribution is 0.443. The number of hydrogen-bond acceptors (Lipinski definition) is 2. The van der Waals surface area contributed by atoms with Crippen molar-refractivity contribution in [1.82, 2.24) is 4.57 Å². The second kappa shape index (κ2) is 32.9. The van der Waals surface area contributed by atoms with E-state index in [0.717, 1.165) is 95.1 Å². The second-order valence-electron chi connectivity index (χ2n) is 43.9. The molecule has 2 aliphatic heterocycles. The molecule has 0 unspecified atom stereocenters. The van der Waals surface area contributed by atoms with Crippen molar-refractivity contribution >= 4 is 79.0 Å². The van der Waals surface area contributed by atoms with Crippen LogP contribution >= 0.6 is 0 Å². The van der Waals surface area contributed by atoms with Gasteiger partial charge in [-0.1, -0.05) is 399 Å². The van der Waals surface area contributed by atoms with Gasteiger partial charge in [0, 0.05) is 55.8 Å². The summed E-state index contributed by atoms with van der Waals surface area (Å²) in [5.74, 6) is 1.83. The fourth-order valence-corrected chi connectivity index (χ4v) is 22.8. The normalized spacial score (nSPS) is 17.0. The Morgan fingerprint density at radius 3 is 0.944 bits per heavy atom. The van der Waals surface area contributed by atoms with E-state index in [2.05, 4.69) is 355 Å². The lowest BCUT2D eigenvalue weighted by Crippen LogP contribution is -2.61. The van der Waals surface area contributed by atoms with Crippen LogP contribution in [0.25, 0.3) is 94.3 Å². The summed E-state index contributed by atoms with van der Waals surface area (Å²) in [5, 5.41) is 1.31. The van der Waals surface area contributed by atoms with Gasteiger partial charge in [0.2, 0.25) is 0 Å². The molecule has 4 saturated carbocycles. The van der Waals surface area contributed by atoms with Crippen molar-refractivity contribution in [2.45, 2.75) is 283 Å². The van der Waals surface area contributed by atoms with Gasteiger partial charge in [-0.15, -0.1) is 0 Å². The SMILES string of the molecule is [2H]c1c([2H])c([2H])c2c(c1[2H])c1cc(C(C)(C)C)ccc1n2-c1cc2c3c(c1)N(c1c(-c4cccc(C5CCCCC5)c4)cccc1-c1cccc(C4CCCCC4)c1)c1ccc(-c4cc(C(C)(C)C)cc(C(C)(C)C)c4)cc1B3c1cc(-c3cc(C(C)(C)C)cc(C(C)(C)C)c3)ccc1N2c1c(-c2cccc(C3CCCCC3)c2)cccc1-c1cccc(C2CCCCC2)c1. The molecule has 13 aromatic carbocycles. The zero-order valence-electron chi connectivity index (χ0n) is 81.9. The van der Waals surface area contributed by atoms with Crippen LogP contribution in [0.1, 0.15) is 311 Å². The first kappa shape index (κ1) is 78.8. The number of aromatic nitrogens is 1. The molecular formula is C122H132BN3. The quantitative estimate of drug-likeness (QED) is 0.107. The fraction of sp³-hybridized carbons (Fsp3) is 0.361. The number of para-hydroxylation sites is 3. The zero-order valence-corrected chi connectivity index (χ0v) is 77.9. The molecule has 14 aromatic rings. The van der Waals surface area contributed by atoms with E-state index in [4.69, 9.17) is 0 Å². The molecule has 126 heavy (non-hydrogen) atoms. The number of benzene rings is 13. The molecule has 0 saturated heterocycles. The molecule has 4 heteroatoms. The Hall–Kier alpha value is -10.7. The van der Waals surface area contributed by atoms with Gasteiger partial charge < -0.3 is 14.4 Å². The predicted molar refractivity (Wildman–Crippen MR) is 544 cm³/mol. The molecular weight excluding hydrogens is 1520 g/mol. The van der Waals surface area contributed by atoms with Gasteiger partial charge in [0.25, 0.3) is 6.71 Å². The number of anilines is 6. The first-order chi connectivity index (χ1) is 62.3. The van der Waals surface area contributed by atoms with Gasteiger partial charge in [-0.3, -0.25) is 0 Å². The number of rotatable bonds is 13. The van der Waals surface area contributed by atoms with Crippen LogP contribution in [0.3, 0.4) is 0 Å². The van der Waals surface area contributed by atoms with E-state index in [1.807, 2.05) is 0 Å². The van der Waals surface area contributed by atoms with Crippen molar-refractivity contribution in [1.29, 1.82) is 0 Å². The zero-order chi connectivity index (χ0) is 90.4. The maximum absolute atomic E-state index is 10.6. The minimum atomic E-state index is -0.415. The summed E-state index contributed by atoms with van der Waals surface area (Å²) < 4.78 is 42.7. The molecule has 0 N–H and O–H groups in total. The van der Waals surface area contributed by atoms with E-state index in [0.29, 0.717) is 34.6 Å². The highest BCUT2D eigenvalue weighted by Crippen LogP contribution is 2.56. The molecule has 4 aliphatic carbocycles. The minimum absolute atomic E-state index is 0.0397. The lowest BCUT2D eigenvalue weighted by atomic mass is 9.33. The molecule has 20 rings (SSSR count). The van der Waals surface area contributed by atoms with E-state index >= 15 is 0 Å².